The Morgan fingerprint density at radius 1 is 1.38 bits per heavy atom. The van der Waals surface area contributed by atoms with Gasteiger partial charge in [0.1, 0.15) is 17.0 Å². The van der Waals surface area contributed by atoms with Crippen LogP contribution in [0.25, 0.3) is 6.08 Å². The fourth-order valence-electron chi connectivity index (χ4n) is 2.11. The fourth-order valence-corrected chi connectivity index (χ4v) is 3.53. The molecule has 8 nitrogen and oxygen atoms in total. The molecule has 1 aromatic carbocycles. The number of carbonyl (C=O) groups excluding carboxylic acids is 2. The molecule has 0 bridgehead atoms. The highest BCUT2D eigenvalue weighted by atomic mass is 32.2. The standard InChI is InChI=1S/C16H16N2O6S2/c1-10(15(20)24-8-7-23-2)17-14(19)13(26-16(17)25)9-11-3-5-12(6-4-11)18(21)22/h3-6,9-10H,7-8H2,1-2H3/b13-9+. The highest BCUT2D eigenvalue weighted by molar-refractivity contribution is 8.26. The molecule has 1 aliphatic heterocycles. The van der Waals surface area contributed by atoms with Crippen LogP contribution < -0.4 is 0 Å². The molecule has 1 aliphatic rings. The van der Waals surface area contributed by atoms with Gasteiger partial charge in [-0.05, 0) is 30.7 Å². The Hall–Kier alpha value is -2.30. The maximum atomic E-state index is 12.6. The maximum absolute atomic E-state index is 12.6. The summed E-state index contributed by atoms with van der Waals surface area (Å²) in [5.74, 6) is -0.982. The van der Waals surface area contributed by atoms with E-state index in [1.54, 1.807) is 6.08 Å². The molecule has 0 aliphatic carbocycles. The molecule has 10 heteroatoms. The van der Waals surface area contributed by atoms with E-state index in [0.29, 0.717) is 10.5 Å². The number of amides is 1. The molecule has 0 N–H and O–H groups in total. The Morgan fingerprint density at radius 2 is 2.04 bits per heavy atom. The molecule has 138 valence electrons. The summed E-state index contributed by atoms with van der Waals surface area (Å²) >= 11 is 6.27. The molecular formula is C16H16N2O6S2. The number of rotatable bonds is 7. The van der Waals surface area contributed by atoms with Gasteiger partial charge in [-0.25, -0.2) is 4.79 Å². The second-order valence-electron chi connectivity index (χ2n) is 5.24. The monoisotopic (exact) mass is 396 g/mol. The van der Waals surface area contributed by atoms with Crippen LogP contribution in [0.1, 0.15) is 12.5 Å². The van der Waals surface area contributed by atoms with E-state index < -0.39 is 22.8 Å². The lowest BCUT2D eigenvalue weighted by Gasteiger charge is -2.21. The van der Waals surface area contributed by atoms with Crippen LogP contribution in [0.15, 0.2) is 29.2 Å². The van der Waals surface area contributed by atoms with Gasteiger partial charge in [-0.3, -0.25) is 19.8 Å². The van der Waals surface area contributed by atoms with Gasteiger partial charge >= 0.3 is 5.97 Å². The number of methoxy groups -OCH3 is 1. The molecular weight excluding hydrogens is 380 g/mol. The minimum absolute atomic E-state index is 0.0397. The van der Waals surface area contributed by atoms with Gasteiger partial charge in [0.25, 0.3) is 11.6 Å². The van der Waals surface area contributed by atoms with Crippen LogP contribution in [-0.2, 0) is 19.1 Å². The van der Waals surface area contributed by atoms with E-state index in [2.05, 4.69) is 0 Å². The third-order valence-electron chi connectivity index (χ3n) is 3.49. The summed E-state index contributed by atoms with van der Waals surface area (Å²) in [7, 11) is 1.49. The average Bonchev–Trinajstić information content (AvgIpc) is 2.88. The summed E-state index contributed by atoms with van der Waals surface area (Å²) in [4.78, 5) is 36.3. The van der Waals surface area contributed by atoms with Crippen LogP contribution in [0, 0.1) is 10.1 Å². The number of thioether (sulfide) groups is 1. The van der Waals surface area contributed by atoms with Gasteiger partial charge in [-0.2, -0.15) is 0 Å². The first-order valence-corrected chi connectivity index (χ1v) is 8.74. The van der Waals surface area contributed by atoms with Crippen molar-refractivity contribution in [3.05, 3.63) is 44.8 Å². The van der Waals surface area contributed by atoms with Crippen molar-refractivity contribution in [3.8, 4) is 0 Å². The van der Waals surface area contributed by atoms with E-state index in [4.69, 9.17) is 21.7 Å². The first kappa shape index (κ1) is 20.0. The number of benzene rings is 1. The van der Waals surface area contributed by atoms with Crippen LogP contribution in [0.5, 0.6) is 0 Å². The topological polar surface area (TPSA) is 99.0 Å². The van der Waals surface area contributed by atoms with Crippen LogP contribution in [0.4, 0.5) is 5.69 Å². The van der Waals surface area contributed by atoms with Crippen molar-refractivity contribution in [3.63, 3.8) is 0 Å². The summed E-state index contributed by atoms with van der Waals surface area (Å²) in [5, 5.41) is 10.7. The third kappa shape index (κ3) is 4.65. The first-order valence-electron chi connectivity index (χ1n) is 7.52. The minimum Gasteiger partial charge on any atom is -0.462 e. The van der Waals surface area contributed by atoms with Gasteiger partial charge in [0, 0.05) is 19.2 Å². The zero-order chi connectivity index (χ0) is 19.3. The summed E-state index contributed by atoms with van der Waals surface area (Å²) in [6.45, 7) is 1.89. The van der Waals surface area contributed by atoms with E-state index in [1.807, 2.05) is 0 Å². The molecule has 0 radical (unpaired) electrons. The Labute approximate surface area is 159 Å². The normalized spacial score (nSPS) is 16.8. The number of nitrogens with zero attached hydrogens (tertiary/aromatic N) is 2. The van der Waals surface area contributed by atoms with Crippen molar-refractivity contribution in [1.82, 2.24) is 4.90 Å². The van der Waals surface area contributed by atoms with Crippen molar-refractivity contribution >= 4 is 51.9 Å². The molecule has 0 spiro atoms. The number of nitro groups is 1. The Kier molecular flexibility index (Phi) is 6.83. The number of ether oxygens (including phenoxy) is 2. The molecule has 1 aromatic rings. The number of carbonyl (C=O) groups is 2. The lowest BCUT2D eigenvalue weighted by molar-refractivity contribution is -0.384. The van der Waals surface area contributed by atoms with Gasteiger partial charge in [0.05, 0.1) is 16.4 Å². The van der Waals surface area contributed by atoms with E-state index in [9.17, 15) is 19.7 Å². The average molecular weight is 396 g/mol. The van der Waals surface area contributed by atoms with Gasteiger partial charge in [-0.15, -0.1) is 0 Å². The second-order valence-corrected chi connectivity index (χ2v) is 6.91. The zero-order valence-corrected chi connectivity index (χ0v) is 15.7. The number of esters is 1. The predicted molar refractivity (Wildman–Crippen MR) is 100 cm³/mol. The van der Waals surface area contributed by atoms with Gasteiger partial charge in [-0.1, -0.05) is 24.0 Å². The third-order valence-corrected chi connectivity index (χ3v) is 4.82. The number of hydrogen-bond acceptors (Lipinski definition) is 8. The lowest BCUT2D eigenvalue weighted by Crippen LogP contribution is -2.42. The smallest absolute Gasteiger partial charge is 0.329 e. The summed E-state index contributed by atoms with van der Waals surface area (Å²) in [6.07, 6.45) is 1.58. The SMILES string of the molecule is COCCOC(=O)C(C)N1C(=O)/C(=C\c2ccc([N+](=O)[O-])cc2)SC1=S. The summed E-state index contributed by atoms with van der Waals surface area (Å²) in [5.41, 5.74) is 0.577. The Balaban J connectivity index is 2.12. The summed E-state index contributed by atoms with van der Waals surface area (Å²) in [6, 6.07) is 4.91. The molecule has 1 heterocycles. The first-order chi connectivity index (χ1) is 12.3. The molecule has 2 rings (SSSR count). The largest absolute Gasteiger partial charge is 0.462 e. The Morgan fingerprint density at radius 3 is 2.62 bits per heavy atom. The van der Waals surface area contributed by atoms with Gasteiger partial charge in [0.2, 0.25) is 0 Å². The summed E-state index contributed by atoms with van der Waals surface area (Å²) < 4.78 is 10.1. The zero-order valence-electron chi connectivity index (χ0n) is 14.0. The van der Waals surface area contributed by atoms with E-state index in [-0.39, 0.29) is 23.2 Å². The van der Waals surface area contributed by atoms with Crippen molar-refractivity contribution in [2.75, 3.05) is 20.3 Å². The molecule has 26 heavy (non-hydrogen) atoms. The van der Waals surface area contributed by atoms with Crippen LogP contribution in [0.3, 0.4) is 0 Å². The number of nitro benzene ring substituents is 1. The van der Waals surface area contributed by atoms with E-state index in [1.165, 1.54) is 43.2 Å². The molecule has 0 saturated carbocycles. The molecule has 1 fully saturated rings. The van der Waals surface area contributed by atoms with Crippen molar-refractivity contribution in [2.24, 2.45) is 0 Å². The van der Waals surface area contributed by atoms with Crippen molar-refractivity contribution < 1.29 is 24.0 Å². The van der Waals surface area contributed by atoms with E-state index in [0.717, 1.165) is 11.8 Å². The molecule has 1 atom stereocenters. The number of thiocarbonyl (C=S) groups is 1. The quantitative estimate of drug-likeness (QED) is 0.173. The van der Waals surface area contributed by atoms with Crippen molar-refractivity contribution in [2.45, 2.75) is 13.0 Å². The van der Waals surface area contributed by atoms with E-state index >= 15 is 0 Å². The van der Waals surface area contributed by atoms with Crippen LogP contribution in [0.2, 0.25) is 0 Å². The number of hydrogen-bond donors (Lipinski definition) is 0. The fraction of sp³-hybridized carbons (Fsp3) is 0.312. The number of non-ortho nitro benzene ring substituents is 1. The van der Waals surface area contributed by atoms with Crippen molar-refractivity contribution in [1.29, 1.82) is 0 Å². The highest BCUT2D eigenvalue weighted by Crippen LogP contribution is 2.34. The Bertz CT molecular complexity index is 763. The maximum Gasteiger partial charge on any atom is 0.329 e. The highest BCUT2D eigenvalue weighted by Gasteiger charge is 2.38. The molecule has 1 unspecified atom stereocenters. The molecule has 0 aromatic heterocycles. The second kappa shape index (κ2) is 8.88. The van der Waals surface area contributed by atoms with Crippen LogP contribution >= 0.6 is 24.0 Å². The van der Waals surface area contributed by atoms with Gasteiger partial charge in [0.15, 0.2) is 0 Å². The predicted octanol–water partition coefficient (Wildman–Crippen LogP) is 2.37. The van der Waals surface area contributed by atoms with Gasteiger partial charge < -0.3 is 9.47 Å². The lowest BCUT2D eigenvalue weighted by atomic mass is 10.2. The molecule has 1 amide bonds. The van der Waals surface area contributed by atoms with Crippen LogP contribution in [-0.4, -0.2) is 52.4 Å². The molecule has 1 saturated heterocycles. The minimum atomic E-state index is -0.859.